The Balaban J connectivity index is 2.54. The molecule has 0 radical (unpaired) electrons. The van der Waals surface area contributed by atoms with Gasteiger partial charge in [-0.2, -0.15) is 0 Å². The van der Waals surface area contributed by atoms with Gasteiger partial charge in [0.1, 0.15) is 0 Å². The quantitative estimate of drug-likeness (QED) is 0.675. The molecule has 5 nitrogen and oxygen atoms in total. The van der Waals surface area contributed by atoms with E-state index in [-0.39, 0.29) is 0 Å². The molecule has 23 heavy (non-hydrogen) atoms. The summed E-state index contributed by atoms with van der Waals surface area (Å²) in [4.78, 5) is 11.7. The van der Waals surface area contributed by atoms with E-state index in [2.05, 4.69) is 0 Å². The van der Waals surface area contributed by atoms with Gasteiger partial charge in [0.25, 0.3) is 0 Å². The molecule has 0 aliphatic rings. The molecule has 2 aromatic rings. The topological polar surface area (TPSA) is 63.7 Å². The number of carbonyl (C=O) groups excluding carboxylic acids is 1. The highest BCUT2D eigenvalue weighted by Crippen LogP contribution is 2.30. The minimum Gasteiger partial charge on any atom is -0.465 e. The smallest absolute Gasteiger partial charge is 0.337 e. The summed E-state index contributed by atoms with van der Waals surface area (Å²) in [5.41, 5.74) is 3.14. The zero-order valence-corrected chi connectivity index (χ0v) is 14.2. The van der Waals surface area contributed by atoms with Gasteiger partial charge < -0.3 is 4.74 Å². The van der Waals surface area contributed by atoms with Gasteiger partial charge in [-0.1, -0.05) is 25.1 Å². The van der Waals surface area contributed by atoms with Crippen LogP contribution < -0.4 is 4.31 Å². The van der Waals surface area contributed by atoms with Gasteiger partial charge in [-0.05, 0) is 48.7 Å². The molecule has 0 saturated carbocycles. The second kappa shape index (κ2) is 7.28. The van der Waals surface area contributed by atoms with Crippen molar-refractivity contribution in [3.63, 3.8) is 0 Å². The Morgan fingerprint density at radius 1 is 1.13 bits per heavy atom. The molecule has 0 atom stereocenters. The molecular formula is C17H19NO4S. The molecule has 0 N–H and O–H groups in total. The highest BCUT2D eigenvalue weighted by molar-refractivity contribution is 7.74. The number of anilines is 2. The average molecular weight is 333 g/mol. The van der Waals surface area contributed by atoms with Crippen molar-refractivity contribution in [3.8, 4) is 0 Å². The molecule has 6 heteroatoms. The van der Waals surface area contributed by atoms with E-state index in [1.165, 1.54) is 17.5 Å². The fraction of sp³-hybridized carbons (Fsp3) is 0.235. The predicted molar refractivity (Wildman–Crippen MR) is 90.8 cm³/mol. The zero-order chi connectivity index (χ0) is 17.0. The Hall–Kier alpha value is -2.34. The van der Waals surface area contributed by atoms with Gasteiger partial charge in [-0.3, -0.25) is 0 Å². The number of esters is 1. The van der Waals surface area contributed by atoms with Gasteiger partial charge in [-0.25, -0.2) is 17.5 Å². The van der Waals surface area contributed by atoms with E-state index in [4.69, 9.17) is 4.74 Å². The van der Waals surface area contributed by atoms with Gasteiger partial charge >= 0.3 is 5.97 Å². The van der Waals surface area contributed by atoms with E-state index in [0.29, 0.717) is 16.9 Å². The number of hydrogen-bond acceptors (Lipinski definition) is 4. The Morgan fingerprint density at radius 2 is 1.78 bits per heavy atom. The standard InChI is InChI=1S/C17H19NO4S/c1-4-13-6-9-15(10-7-13)18(23(20)21)16-11-14(17(19)22-3)8-5-12(16)2/h5-11,23H,4H2,1-3H3. The number of benzene rings is 2. The number of hydrogen-bond donors (Lipinski definition) is 1. The molecule has 2 rings (SSSR count). The van der Waals surface area contributed by atoms with Gasteiger partial charge in [0.2, 0.25) is 10.9 Å². The van der Waals surface area contributed by atoms with Crippen molar-refractivity contribution in [2.75, 3.05) is 11.4 Å². The molecule has 0 heterocycles. The lowest BCUT2D eigenvalue weighted by atomic mass is 10.1. The summed E-state index contributed by atoms with van der Waals surface area (Å²) in [5.74, 6) is -0.506. The first-order valence-electron chi connectivity index (χ1n) is 7.20. The number of thiol groups is 1. The van der Waals surface area contributed by atoms with Crippen LogP contribution in [-0.4, -0.2) is 21.5 Å². The van der Waals surface area contributed by atoms with Gasteiger partial charge in [0.15, 0.2) is 0 Å². The number of nitrogens with zero attached hydrogens (tertiary/aromatic N) is 1. The number of carbonyl (C=O) groups is 1. The molecule has 0 unspecified atom stereocenters. The summed E-state index contributed by atoms with van der Waals surface area (Å²) in [7, 11) is -1.61. The van der Waals surface area contributed by atoms with Crippen LogP contribution in [0.5, 0.6) is 0 Å². The predicted octanol–water partition coefficient (Wildman–Crippen LogP) is 3.01. The fourth-order valence-electron chi connectivity index (χ4n) is 2.28. The minimum atomic E-state index is -2.90. The van der Waals surface area contributed by atoms with Crippen LogP contribution in [0.15, 0.2) is 42.5 Å². The lowest BCUT2D eigenvalue weighted by Gasteiger charge is -2.21. The molecular weight excluding hydrogens is 314 g/mol. The first-order chi connectivity index (χ1) is 11.0. The van der Waals surface area contributed by atoms with Crippen molar-refractivity contribution < 1.29 is 17.9 Å². The summed E-state index contributed by atoms with van der Waals surface area (Å²) in [5, 5.41) is 0. The lowest BCUT2D eigenvalue weighted by molar-refractivity contribution is 0.0600. The molecule has 0 amide bonds. The van der Waals surface area contributed by atoms with Crippen molar-refractivity contribution in [3.05, 3.63) is 59.2 Å². The molecule has 0 bridgehead atoms. The Bertz CT molecular complexity index is 774. The molecule has 122 valence electrons. The highest BCUT2D eigenvalue weighted by Gasteiger charge is 2.17. The van der Waals surface area contributed by atoms with E-state index in [0.717, 1.165) is 17.5 Å². The van der Waals surface area contributed by atoms with Gasteiger partial charge in [0.05, 0.1) is 24.0 Å². The van der Waals surface area contributed by atoms with Crippen LogP contribution in [0.25, 0.3) is 0 Å². The number of aryl methyl sites for hydroxylation is 2. The largest absolute Gasteiger partial charge is 0.465 e. The second-order valence-electron chi connectivity index (χ2n) is 5.06. The zero-order valence-electron chi connectivity index (χ0n) is 13.3. The van der Waals surface area contributed by atoms with Gasteiger partial charge in [0, 0.05) is 0 Å². The third kappa shape index (κ3) is 3.71. The summed E-state index contributed by atoms with van der Waals surface area (Å²) in [6, 6.07) is 12.1. The summed E-state index contributed by atoms with van der Waals surface area (Å²) in [6.45, 7) is 3.83. The average Bonchev–Trinajstić information content (AvgIpc) is 2.56. The third-order valence-electron chi connectivity index (χ3n) is 3.61. The van der Waals surface area contributed by atoms with Crippen molar-refractivity contribution in [2.24, 2.45) is 0 Å². The number of rotatable bonds is 5. The molecule has 2 aromatic carbocycles. The Labute approximate surface area is 137 Å². The van der Waals surface area contributed by atoms with Gasteiger partial charge in [-0.15, -0.1) is 0 Å². The van der Waals surface area contributed by atoms with Crippen molar-refractivity contribution >= 4 is 28.2 Å². The van der Waals surface area contributed by atoms with Crippen LogP contribution in [0.2, 0.25) is 0 Å². The van der Waals surface area contributed by atoms with E-state index in [1.54, 1.807) is 31.2 Å². The number of ether oxygens (including phenoxy) is 1. The SMILES string of the molecule is CCc1ccc(N(c2cc(C(=O)OC)ccc2C)[SH](=O)=O)cc1. The van der Waals surface area contributed by atoms with Crippen LogP contribution >= 0.6 is 0 Å². The van der Waals surface area contributed by atoms with Crippen molar-refractivity contribution in [1.29, 1.82) is 0 Å². The van der Waals surface area contributed by atoms with Crippen molar-refractivity contribution in [2.45, 2.75) is 20.3 Å². The second-order valence-corrected chi connectivity index (χ2v) is 5.94. The maximum absolute atomic E-state index is 11.8. The highest BCUT2D eigenvalue weighted by atomic mass is 32.2. The Morgan fingerprint density at radius 3 is 2.30 bits per heavy atom. The van der Waals surface area contributed by atoms with Crippen LogP contribution in [0.1, 0.15) is 28.4 Å². The lowest BCUT2D eigenvalue weighted by Crippen LogP contribution is -2.16. The van der Waals surface area contributed by atoms with E-state index < -0.39 is 16.9 Å². The fourth-order valence-corrected chi connectivity index (χ4v) is 2.99. The molecule has 0 aliphatic heterocycles. The molecule has 0 saturated heterocycles. The van der Waals surface area contributed by atoms with Crippen LogP contribution in [0.3, 0.4) is 0 Å². The summed E-state index contributed by atoms with van der Waals surface area (Å²) in [6.07, 6.45) is 0.876. The maximum Gasteiger partial charge on any atom is 0.337 e. The normalized spacial score (nSPS) is 10.6. The van der Waals surface area contributed by atoms with Crippen LogP contribution in [-0.2, 0) is 22.0 Å². The molecule has 0 aliphatic carbocycles. The molecule has 0 fully saturated rings. The summed E-state index contributed by atoms with van der Waals surface area (Å²) < 4.78 is 29.5. The van der Waals surface area contributed by atoms with Crippen LogP contribution in [0.4, 0.5) is 11.4 Å². The molecule has 0 aromatic heterocycles. The van der Waals surface area contributed by atoms with E-state index in [1.807, 2.05) is 19.1 Å². The van der Waals surface area contributed by atoms with Crippen LogP contribution in [0, 0.1) is 6.92 Å². The first kappa shape index (κ1) is 17.0. The third-order valence-corrected chi connectivity index (χ3v) is 4.38. The minimum absolute atomic E-state index is 0.306. The van der Waals surface area contributed by atoms with Crippen molar-refractivity contribution in [1.82, 2.24) is 0 Å². The van der Waals surface area contributed by atoms with E-state index in [9.17, 15) is 13.2 Å². The Kier molecular flexibility index (Phi) is 5.39. The van der Waals surface area contributed by atoms with E-state index >= 15 is 0 Å². The first-order valence-corrected chi connectivity index (χ1v) is 8.33. The monoisotopic (exact) mass is 333 g/mol. The number of methoxy groups -OCH3 is 1. The summed E-state index contributed by atoms with van der Waals surface area (Å²) >= 11 is 0. The molecule has 0 spiro atoms. The maximum atomic E-state index is 11.8.